The minimum atomic E-state index is -0.264. The number of benzene rings is 4. The molecule has 94 heavy (non-hydrogen) atoms. The summed E-state index contributed by atoms with van der Waals surface area (Å²) in [6, 6.07) is 17.4. The molecule has 4 aromatic carbocycles. The Bertz CT molecular complexity index is 3000. The van der Waals surface area contributed by atoms with E-state index >= 15 is 0 Å². The Balaban J connectivity index is 1.53. The van der Waals surface area contributed by atoms with E-state index in [0.29, 0.717) is 56.4 Å². The van der Waals surface area contributed by atoms with Gasteiger partial charge in [0.1, 0.15) is 52.9 Å². The molecule has 0 unspecified atom stereocenters. The second kappa shape index (κ2) is 42.2. The van der Waals surface area contributed by atoms with Crippen molar-refractivity contribution in [1.82, 2.24) is 53.2 Å². The zero-order valence-electron chi connectivity index (χ0n) is 51.8. The summed E-state index contributed by atoms with van der Waals surface area (Å²) in [6.45, 7) is 1.79. The highest BCUT2D eigenvalue weighted by Crippen LogP contribution is 2.48. The zero-order valence-corrected chi connectivity index (χ0v) is 53.5. The fourth-order valence-electron chi connectivity index (χ4n) is 8.12. The van der Waals surface area contributed by atoms with Crippen LogP contribution in [0, 0.1) is 43.3 Å². The molecule has 0 heterocycles. The predicted octanol–water partition coefficient (Wildman–Crippen LogP) is -1.99. The summed E-state index contributed by atoms with van der Waals surface area (Å²) in [4.78, 5) is 27.0. The number of carbonyl (C=O) groups excluding carboxylic acids is 2. The minimum absolute atomic E-state index is 0.0216. The van der Waals surface area contributed by atoms with E-state index in [2.05, 4.69) is 53.2 Å². The molecule has 38 heteroatoms. The van der Waals surface area contributed by atoms with E-state index < -0.39 is 0 Å². The van der Waals surface area contributed by atoms with Gasteiger partial charge in [-0.2, -0.15) is 0 Å². The first-order chi connectivity index (χ1) is 45.1. The molecular weight excluding hydrogens is 1260 g/mol. The molecule has 4 aromatic rings. The Hall–Kier alpha value is -10.9. The van der Waals surface area contributed by atoms with Gasteiger partial charge in [0, 0.05) is 59.7 Å². The quantitative estimate of drug-likeness (QED) is 0.00986. The molecule has 514 valence electrons. The molecule has 0 saturated carbocycles. The number of hydrogen-bond acceptors (Lipinski definition) is 20. The van der Waals surface area contributed by atoms with Crippen LogP contribution in [0.5, 0.6) is 46.0 Å². The van der Waals surface area contributed by atoms with Crippen LogP contribution in [-0.2, 0) is 22.7 Å². The molecule has 0 aliphatic heterocycles. The molecule has 0 bridgehead atoms. The molecule has 0 saturated heterocycles. The molecule has 0 aliphatic rings. The van der Waals surface area contributed by atoms with Gasteiger partial charge in [-0.05, 0) is 47.5 Å². The summed E-state index contributed by atoms with van der Waals surface area (Å²) in [6.07, 6.45) is 0.258. The van der Waals surface area contributed by atoms with Crippen molar-refractivity contribution in [1.29, 1.82) is 43.3 Å². The van der Waals surface area contributed by atoms with Crippen molar-refractivity contribution in [2.75, 3.05) is 117 Å². The summed E-state index contributed by atoms with van der Waals surface area (Å²) >= 11 is 0. The monoisotopic (exact) mass is 1350 g/mol. The van der Waals surface area contributed by atoms with Gasteiger partial charge in [-0.25, -0.2) is 0 Å². The lowest BCUT2D eigenvalue weighted by atomic mass is 9.99. The van der Waals surface area contributed by atoms with Gasteiger partial charge >= 0.3 is 0 Å². The normalized spacial score (nSPS) is 10.4. The lowest BCUT2D eigenvalue weighted by molar-refractivity contribution is -0.121. The van der Waals surface area contributed by atoms with E-state index in [1.165, 1.54) is 21.6 Å². The van der Waals surface area contributed by atoms with Crippen molar-refractivity contribution < 1.29 is 47.5 Å². The second-order valence-electron chi connectivity index (χ2n) is 19.4. The highest BCUT2D eigenvalue weighted by molar-refractivity contribution is 8.76. The number of ether oxygens (including phenoxy) is 8. The summed E-state index contributed by atoms with van der Waals surface area (Å²) < 4.78 is 50.1. The number of amides is 2. The van der Waals surface area contributed by atoms with E-state index in [1.807, 2.05) is 0 Å². The Labute approximate surface area is 551 Å². The molecule has 0 aromatic heterocycles. The van der Waals surface area contributed by atoms with Gasteiger partial charge in [-0.15, -0.1) is 0 Å². The van der Waals surface area contributed by atoms with E-state index in [9.17, 15) is 9.59 Å². The zero-order chi connectivity index (χ0) is 68.6. The van der Waals surface area contributed by atoms with Gasteiger partial charge in [0.15, 0.2) is 93.7 Å². The summed E-state index contributed by atoms with van der Waals surface area (Å²) in [5, 5.41) is 88.5. The van der Waals surface area contributed by atoms with E-state index in [4.69, 9.17) is 127 Å². The van der Waals surface area contributed by atoms with Crippen LogP contribution >= 0.6 is 21.6 Å². The molecule has 0 aliphatic carbocycles. The average molecular weight is 1350 g/mol. The van der Waals surface area contributed by atoms with Crippen LogP contribution in [0.3, 0.4) is 0 Å². The first kappa shape index (κ1) is 75.5. The molecule has 36 nitrogen and oxygen atoms in total. The number of nitrogens with two attached hydrogens (primary N) is 8. The fraction of sp³-hybridized carbons (Fsp3) is 0.393. The van der Waals surface area contributed by atoms with Crippen LogP contribution in [-0.4, -0.2) is 176 Å². The number of para-hydroxylation sites is 2. The highest BCUT2D eigenvalue weighted by atomic mass is 33.1. The molecule has 0 radical (unpaired) electrons. The van der Waals surface area contributed by atoms with Crippen LogP contribution in [0.25, 0.3) is 22.3 Å². The maximum Gasteiger partial charge on any atom is 0.221 e. The minimum Gasteiger partial charge on any atom is -0.488 e. The topological polar surface area (TPSA) is 627 Å². The van der Waals surface area contributed by atoms with Gasteiger partial charge in [-0.1, -0.05) is 45.9 Å². The third kappa shape index (κ3) is 29.8. The van der Waals surface area contributed by atoms with Crippen molar-refractivity contribution >= 4 is 81.1 Å². The summed E-state index contributed by atoms with van der Waals surface area (Å²) in [5.74, 6) is 0.474. The molecule has 0 fully saturated rings. The van der Waals surface area contributed by atoms with Crippen molar-refractivity contribution in [3.63, 3.8) is 0 Å². The van der Waals surface area contributed by atoms with Crippen molar-refractivity contribution in [2.24, 2.45) is 45.9 Å². The smallest absolute Gasteiger partial charge is 0.221 e. The van der Waals surface area contributed by atoms with Crippen LogP contribution in [0.2, 0.25) is 0 Å². The lowest BCUT2D eigenvalue weighted by Crippen LogP contribution is -2.34. The molecular formula is C56H88N26O10S2. The Kier molecular flexibility index (Phi) is 33.9. The van der Waals surface area contributed by atoms with Crippen LogP contribution in [0.4, 0.5) is 0 Å². The third-order valence-corrected chi connectivity index (χ3v) is 14.4. The van der Waals surface area contributed by atoms with Crippen molar-refractivity contribution in [3.8, 4) is 68.2 Å². The lowest BCUT2D eigenvalue weighted by Gasteiger charge is -2.22. The van der Waals surface area contributed by atoms with Crippen LogP contribution < -0.4 is 137 Å². The van der Waals surface area contributed by atoms with Crippen molar-refractivity contribution in [3.05, 3.63) is 71.8 Å². The van der Waals surface area contributed by atoms with Gasteiger partial charge in [0.25, 0.3) is 0 Å². The largest absolute Gasteiger partial charge is 0.488 e. The average Bonchev–Trinajstić information content (AvgIpc) is 0.795. The van der Waals surface area contributed by atoms with Gasteiger partial charge in [-0.3, -0.25) is 52.9 Å². The fourth-order valence-corrected chi connectivity index (χ4v) is 10.1. The van der Waals surface area contributed by atoms with E-state index in [-0.39, 0.29) is 225 Å². The molecule has 34 N–H and O–H groups in total. The van der Waals surface area contributed by atoms with Gasteiger partial charge in [0.05, 0.1) is 52.4 Å². The molecule has 0 spiro atoms. The highest BCUT2D eigenvalue weighted by Gasteiger charge is 2.25. The Morgan fingerprint density at radius 1 is 0.319 bits per heavy atom. The van der Waals surface area contributed by atoms with Crippen LogP contribution in [0.1, 0.15) is 24.0 Å². The second-order valence-corrected chi connectivity index (χ2v) is 22.1. The standard InChI is InChI=1S/C56H88N26O10S2/c57-49(58)73-9-17-85-39-5-1-3-35(45(39)89-21-13-77-53(65)66)37-27-33(29-41(87-19-11-75-51(61)62)47(37)91-23-15-79-55(69)70)31-81-43(83)7-25-93-94-26-8-44(84)82-32-34-28-38(48(92-24-16-80-56(71)72)42(30-34)88-20-12-76-52(63)64)36-4-2-6-40(86-18-10-74-50(59)60)46(36)90-22-14-78-54(67)68/h1-6,27-30H,7-26,31-32H2,(H,81,83)(H,82,84)(H4,57,58,73)(H4,59,60,74)(H4,61,62,75)(H4,63,64,76)(H4,65,66,77)(H4,67,68,78)(H4,69,70,79)(H4,71,72,80). The Morgan fingerprint density at radius 3 is 0.830 bits per heavy atom. The molecule has 4 rings (SSSR count). The number of guanidine groups is 8. The first-order valence-corrected chi connectivity index (χ1v) is 31.6. The predicted molar refractivity (Wildman–Crippen MR) is 365 cm³/mol. The van der Waals surface area contributed by atoms with Crippen molar-refractivity contribution in [2.45, 2.75) is 25.9 Å². The summed E-state index contributed by atoms with van der Waals surface area (Å²) in [5.41, 5.74) is 47.3. The maximum absolute atomic E-state index is 13.5. The third-order valence-electron chi connectivity index (χ3n) is 12.0. The molecule has 0 atom stereocenters. The SMILES string of the molecule is N=C(N)NCCOc1cccc(-c2cc(CNC(=O)CCSSCCC(=O)NCc3cc(OCCNC(=N)N)c(OCCNC(=N)N)c(-c4cccc(OCCNC(=N)N)c4OCCNC(=N)N)c3)cc(OCCNC(=N)N)c2OCCNC(=N)N)c1OCCNC(=N)N. The number of nitrogens with one attached hydrogen (secondary N) is 18. The summed E-state index contributed by atoms with van der Waals surface area (Å²) in [7, 11) is 2.85. The van der Waals surface area contributed by atoms with E-state index in [1.54, 1.807) is 60.7 Å². The first-order valence-electron chi connectivity index (χ1n) is 29.2. The number of hydrogen-bond donors (Lipinski definition) is 26. The van der Waals surface area contributed by atoms with Gasteiger partial charge in [0.2, 0.25) is 11.8 Å². The number of carbonyl (C=O) groups is 2. The molecule has 2 amide bonds. The number of rotatable bonds is 45. The Morgan fingerprint density at radius 2 is 0.564 bits per heavy atom. The maximum atomic E-state index is 13.5. The van der Waals surface area contributed by atoms with Crippen LogP contribution in [0.15, 0.2) is 60.7 Å². The van der Waals surface area contributed by atoms with Gasteiger partial charge < -0.3 is 137 Å². The van der Waals surface area contributed by atoms with E-state index in [0.717, 1.165) is 0 Å².